The van der Waals surface area contributed by atoms with Crippen LogP contribution in [0.4, 0.5) is 24.1 Å². The Bertz CT molecular complexity index is 912. The van der Waals surface area contributed by atoms with Gasteiger partial charge in [-0.2, -0.15) is 13.2 Å². The van der Waals surface area contributed by atoms with Gasteiger partial charge in [-0.05, 0) is 25.1 Å². The van der Waals surface area contributed by atoms with E-state index in [-0.39, 0.29) is 6.04 Å². The molecule has 0 radical (unpaired) electrons. The van der Waals surface area contributed by atoms with Crippen molar-refractivity contribution in [1.82, 2.24) is 15.0 Å². The van der Waals surface area contributed by atoms with E-state index in [1.165, 1.54) is 17.4 Å². The maximum Gasteiger partial charge on any atom is 0.416 e. The molecule has 1 atom stereocenters. The number of fused-ring (bicyclic) bond motifs is 1. The zero-order valence-electron chi connectivity index (χ0n) is 13.9. The second-order valence-electron chi connectivity index (χ2n) is 6.23. The fraction of sp³-hybridized carbons (Fsp3) is 0.353. The summed E-state index contributed by atoms with van der Waals surface area (Å²) in [6.07, 6.45) is 0.693. The van der Waals surface area contributed by atoms with Crippen LogP contribution >= 0.6 is 11.3 Å². The molecule has 9 heteroatoms. The number of thiazole rings is 1. The summed E-state index contributed by atoms with van der Waals surface area (Å²) in [5.41, 5.74) is -0.272. The lowest BCUT2D eigenvalue weighted by Gasteiger charge is -2.40. The SMILES string of the molecule is CC1CN(c2nc3cc(C(F)(F)F)ccc3s2)CCN1c1cnccn1. The molecule has 0 saturated carbocycles. The fourth-order valence-electron chi connectivity index (χ4n) is 3.14. The number of piperazine rings is 1. The molecule has 4 rings (SSSR count). The topological polar surface area (TPSA) is 45.2 Å². The van der Waals surface area contributed by atoms with Gasteiger partial charge in [0.1, 0.15) is 5.82 Å². The van der Waals surface area contributed by atoms with E-state index >= 15 is 0 Å². The van der Waals surface area contributed by atoms with Crippen LogP contribution in [0.3, 0.4) is 0 Å². The Balaban J connectivity index is 1.55. The molecule has 3 heterocycles. The first-order valence-electron chi connectivity index (χ1n) is 8.17. The molecule has 1 saturated heterocycles. The van der Waals surface area contributed by atoms with Crippen LogP contribution in [0.1, 0.15) is 12.5 Å². The lowest BCUT2D eigenvalue weighted by atomic mass is 10.2. The molecule has 136 valence electrons. The summed E-state index contributed by atoms with van der Waals surface area (Å²) in [5, 5.41) is 0.755. The molecule has 0 bridgehead atoms. The van der Waals surface area contributed by atoms with Crippen molar-refractivity contribution in [1.29, 1.82) is 0 Å². The number of benzene rings is 1. The molecule has 0 spiro atoms. The summed E-state index contributed by atoms with van der Waals surface area (Å²) in [6, 6.07) is 3.92. The van der Waals surface area contributed by atoms with Crippen molar-refractivity contribution >= 4 is 32.5 Å². The molecule has 5 nitrogen and oxygen atoms in total. The van der Waals surface area contributed by atoms with Crippen molar-refractivity contribution in [2.45, 2.75) is 19.1 Å². The average molecular weight is 379 g/mol. The van der Waals surface area contributed by atoms with Crippen LogP contribution in [0.2, 0.25) is 0 Å². The number of alkyl halides is 3. The maximum atomic E-state index is 12.9. The van der Waals surface area contributed by atoms with Gasteiger partial charge in [0.15, 0.2) is 5.13 Å². The number of nitrogens with zero attached hydrogens (tertiary/aromatic N) is 5. The van der Waals surface area contributed by atoms with Crippen LogP contribution in [0.25, 0.3) is 10.2 Å². The van der Waals surface area contributed by atoms with Crippen LogP contribution in [0.5, 0.6) is 0 Å². The second-order valence-corrected chi connectivity index (χ2v) is 7.24. The van der Waals surface area contributed by atoms with Crippen LogP contribution in [0, 0.1) is 0 Å². The van der Waals surface area contributed by atoms with Crippen molar-refractivity contribution < 1.29 is 13.2 Å². The Morgan fingerprint density at radius 3 is 2.73 bits per heavy atom. The summed E-state index contributed by atoms with van der Waals surface area (Å²) in [6.45, 7) is 4.30. The summed E-state index contributed by atoms with van der Waals surface area (Å²) in [5.74, 6) is 0.832. The van der Waals surface area contributed by atoms with Crippen molar-refractivity contribution in [3.63, 3.8) is 0 Å². The number of anilines is 2. The number of aromatic nitrogens is 3. The minimum atomic E-state index is -4.35. The number of rotatable bonds is 2. The van der Waals surface area contributed by atoms with Gasteiger partial charge in [-0.25, -0.2) is 9.97 Å². The monoisotopic (exact) mass is 379 g/mol. The van der Waals surface area contributed by atoms with Crippen LogP contribution in [-0.4, -0.2) is 40.6 Å². The molecule has 1 fully saturated rings. The third-order valence-electron chi connectivity index (χ3n) is 4.45. The van der Waals surface area contributed by atoms with Crippen LogP contribution < -0.4 is 9.80 Å². The highest BCUT2D eigenvalue weighted by molar-refractivity contribution is 7.22. The zero-order valence-corrected chi connectivity index (χ0v) is 14.8. The molecule has 0 amide bonds. The van der Waals surface area contributed by atoms with E-state index in [0.29, 0.717) is 5.52 Å². The number of hydrogen-bond acceptors (Lipinski definition) is 6. The maximum absolute atomic E-state index is 12.9. The Kier molecular flexibility index (Phi) is 4.18. The van der Waals surface area contributed by atoms with Crippen molar-refractivity contribution in [3.05, 3.63) is 42.4 Å². The average Bonchev–Trinajstić information content (AvgIpc) is 3.05. The van der Waals surface area contributed by atoms with Crippen molar-refractivity contribution in [2.24, 2.45) is 0 Å². The first-order chi connectivity index (χ1) is 12.4. The van der Waals surface area contributed by atoms with Gasteiger partial charge in [-0.3, -0.25) is 4.98 Å². The zero-order chi connectivity index (χ0) is 18.3. The van der Waals surface area contributed by atoms with Gasteiger partial charge in [0.05, 0.1) is 22.0 Å². The number of halogens is 3. The van der Waals surface area contributed by atoms with E-state index in [9.17, 15) is 13.2 Å². The molecule has 1 aliphatic heterocycles. The smallest absolute Gasteiger partial charge is 0.349 e. The van der Waals surface area contributed by atoms with E-state index in [2.05, 4.69) is 31.7 Å². The molecular formula is C17H16F3N5S. The quantitative estimate of drug-likeness (QED) is 0.677. The third kappa shape index (κ3) is 3.18. The molecule has 0 aliphatic carbocycles. The lowest BCUT2D eigenvalue weighted by Crippen LogP contribution is -2.52. The predicted molar refractivity (Wildman–Crippen MR) is 95.7 cm³/mol. The van der Waals surface area contributed by atoms with Crippen molar-refractivity contribution in [3.8, 4) is 0 Å². The molecule has 3 aromatic rings. The second kappa shape index (κ2) is 6.39. The minimum absolute atomic E-state index is 0.193. The van der Waals surface area contributed by atoms with E-state index in [1.54, 1.807) is 18.6 Å². The van der Waals surface area contributed by atoms with Gasteiger partial charge in [0.25, 0.3) is 0 Å². The summed E-state index contributed by atoms with van der Waals surface area (Å²) >= 11 is 1.42. The summed E-state index contributed by atoms with van der Waals surface area (Å²) < 4.78 is 39.4. The van der Waals surface area contributed by atoms with E-state index in [0.717, 1.165) is 47.4 Å². The van der Waals surface area contributed by atoms with Crippen LogP contribution in [0.15, 0.2) is 36.8 Å². The predicted octanol–water partition coefficient (Wildman–Crippen LogP) is 3.82. The molecule has 26 heavy (non-hydrogen) atoms. The first-order valence-corrected chi connectivity index (χ1v) is 8.99. The van der Waals surface area contributed by atoms with E-state index < -0.39 is 11.7 Å². The van der Waals surface area contributed by atoms with E-state index in [4.69, 9.17) is 0 Å². The van der Waals surface area contributed by atoms with Gasteiger partial charge < -0.3 is 9.80 Å². The minimum Gasteiger partial charge on any atom is -0.349 e. The Morgan fingerprint density at radius 1 is 1.19 bits per heavy atom. The molecule has 0 N–H and O–H groups in total. The van der Waals surface area contributed by atoms with Gasteiger partial charge in [-0.1, -0.05) is 11.3 Å². The highest BCUT2D eigenvalue weighted by Gasteiger charge is 2.31. The number of hydrogen-bond donors (Lipinski definition) is 0. The van der Waals surface area contributed by atoms with Crippen molar-refractivity contribution in [2.75, 3.05) is 29.4 Å². The normalized spacial score (nSPS) is 18.5. The van der Waals surface area contributed by atoms with Gasteiger partial charge in [-0.15, -0.1) is 0 Å². The lowest BCUT2D eigenvalue weighted by molar-refractivity contribution is -0.137. The van der Waals surface area contributed by atoms with Gasteiger partial charge >= 0.3 is 6.18 Å². The third-order valence-corrected chi connectivity index (χ3v) is 5.54. The van der Waals surface area contributed by atoms with Gasteiger partial charge in [0.2, 0.25) is 0 Å². The van der Waals surface area contributed by atoms with Gasteiger partial charge in [0, 0.05) is 38.1 Å². The highest BCUT2D eigenvalue weighted by Crippen LogP contribution is 2.35. The Labute approximate surface area is 152 Å². The Morgan fingerprint density at radius 2 is 2.04 bits per heavy atom. The Hall–Kier alpha value is -2.42. The largest absolute Gasteiger partial charge is 0.416 e. The molecule has 1 aromatic carbocycles. The standard InChI is InChI=1S/C17H16F3N5S/c1-11-10-24(6-7-25(11)15-9-21-4-5-22-15)16-23-13-8-12(17(18,19)20)2-3-14(13)26-16/h2-5,8-9,11H,6-7,10H2,1H3. The molecular weight excluding hydrogens is 363 g/mol. The molecule has 1 aliphatic rings. The molecule has 2 aromatic heterocycles. The summed E-state index contributed by atoms with van der Waals surface area (Å²) in [4.78, 5) is 17.2. The highest BCUT2D eigenvalue weighted by atomic mass is 32.1. The van der Waals surface area contributed by atoms with E-state index in [1.807, 2.05) is 0 Å². The van der Waals surface area contributed by atoms with Crippen LogP contribution in [-0.2, 0) is 6.18 Å². The summed E-state index contributed by atoms with van der Waals surface area (Å²) in [7, 11) is 0. The molecule has 1 unspecified atom stereocenters. The first kappa shape index (κ1) is 17.0. The fourth-order valence-corrected chi connectivity index (χ4v) is 4.12.